The average Bonchev–Trinajstić information content (AvgIpc) is 2.34. The van der Waals surface area contributed by atoms with Gasteiger partial charge in [0.15, 0.2) is 0 Å². The molecule has 106 valence electrons. The van der Waals surface area contributed by atoms with Crippen LogP contribution in [0.3, 0.4) is 0 Å². The summed E-state index contributed by atoms with van der Waals surface area (Å²) < 4.78 is 0. The standard InChI is InChI=1S/C13H18Cl2N2O2/c1-7(2)12(16)13(19)17-6-10(18)11-8(14)4-3-5-9(11)15/h3-5,7,10,12,18H,6,16H2,1-2H3,(H,17,19)/t10?,12-/m0/s1. The van der Waals surface area contributed by atoms with Crippen LogP contribution in [-0.4, -0.2) is 23.6 Å². The summed E-state index contributed by atoms with van der Waals surface area (Å²) in [6.45, 7) is 3.72. The maximum absolute atomic E-state index is 11.7. The van der Waals surface area contributed by atoms with Gasteiger partial charge in [0, 0.05) is 22.2 Å². The smallest absolute Gasteiger partial charge is 0.237 e. The molecule has 4 N–H and O–H groups in total. The van der Waals surface area contributed by atoms with Crippen molar-refractivity contribution < 1.29 is 9.90 Å². The van der Waals surface area contributed by atoms with Crippen molar-refractivity contribution in [1.29, 1.82) is 0 Å². The fourth-order valence-corrected chi connectivity index (χ4v) is 2.20. The zero-order chi connectivity index (χ0) is 14.6. The molecule has 1 amide bonds. The Hall–Kier alpha value is -0.810. The van der Waals surface area contributed by atoms with Crippen molar-refractivity contribution in [2.45, 2.75) is 26.0 Å². The third kappa shape index (κ3) is 4.35. The molecule has 4 nitrogen and oxygen atoms in total. The fourth-order valence-electron chi connectivity index (χ4n) is 1.55. The van der Waals surface area contributed by atoms with Crippen LogP contribution in [0.2, 0.25) is 10.0 Å². The molecule has 1 rings (SSSR count). The summed E-state index contributed by atoms with van der Waals surface area (Å²) in [5.74, 6) is -0.279. The van der Waals surface area contributed by atoms with Crippen molar-refractivity contribution in [3.8, 4) is 0 Å². The van der Waals surface area contributed by atoms with Gasteiger partial charge in [0.1, 0.15) is 0 Å². The first kappa shape index (κ1) is 16.2. The van der Waals surface area contributed by atoms with Crippen LogP contribution in [0.25, 0.3) is 0 Å². The van der Waals surface area contributed by atoms with E-state index >= 15 is 0 Å². The molecule has 0 aliphatic rings. The molecule has 0 bridgehead atoms. The number of aliphatic hydroxyl groups excluding tert-OH is 1. The van der Waals surface area contributed by atoms with Gasteiger partial charge in [0.2, 0.25) is 5.91 Å². The van der Waals surface area contributed by atoms with E-state index < -0.39 is 12.1 Å². The first-order valence-electron chi connectivity index (χ1n) is 5.99. The van der Waals surface area contributed by atoms with Crippen LogP contribution in [0, 0.1) is 5.92 Å². The van der Waals surface area contributed by atoms with E-state index in [9.17, 15) is 9.90 Å². The van der Waals surface area contributed by atoms with Gasteiger partial charge in [-0.05, 0) is 18.1 Å². The molecule has 19 heavy (non-hydrogen) atoms. The molecule has 1 aromatic carbocycles. The van der Waals surface area contributed by atoms with Crippen LogP contribution in [0.1, 0.15) is 25.5 Å². The molecule has 0 fully saturated rings. The van der Waals surface area contributed by atoms with E-state index in [0.29, 0.717) is 15.6 Å². The van der Waals surface area contributed by atoms with Crippen molar-refractivity contribution in [1.82, 2.24) is 5.32 Å². The van der Waals surface area contributed by atoms with E-state index in [1.165, 1.54) is 0 Å². The lowest BCUT2D eigenvalue weighted by atomic mass is 10.0. The topological polar surface area (TPSA) is 75.4 Å². The van der Waals surface area contributed by atoms with Gasteiger partial charge in [0.05, 0.1) is 12.1 Å². The van der Waals surface area contributed by atoms with Gasteiger partial charge in [-0.1, -0.05) is 43.1 Å². The highest BCUT2D eigenvalue weighted by Gasteiger charge is 2.20. The normalized spacial score (nSPS) is 14.3. The zero-order valence-electron chi connectivity index (χ0n) is 10.9. The predicted octanol–water partition coefficient (Wildman–Crippen LogP) is 2.13. The summed E-state index contributed by atoms with van der Waals surface area (Å²) in [6.07, 6.45) is -0.968. The summed E-state index contributed by atoms with van der Waals surface area (Å²) in [5.41, 5.74) is 6.11. The van der Waals surface area contributed by atoms with Crippen LogP contribution >= 0.6 is 23.2 Å². The Bertz CT molecular complexity index is 432. The molecule has 1 aromatic rings. The minimum atomic E-state index is -0.968. The Morgan fingerprint density at radius 1 is 1.37 bits per heavy atom. The largest absolute Gasteiger partial charge is 0.386 e. The van der Waals surface area contributed by atoms with Crippen molar-refractivity contribution in [3.63, 3.8) is 0 Å². The molecule has 0 heterocycles. The number of rotatable bonds is 5. The number of carbonyl (C=O) groups is 1. The van der Waals surface area contributed by atoms with Gasteiger partial charge in [0.25, 0.3) is 0 Å². The molecule has 2 atom stereocenters. The van der Waals surface area contributed by atoms with E-state index in [0.717, 1.165) is 0 Å². The number of aliphatic hydroxyl groups is 1. The Morgan fingerprint density at radius 3 is 2.37 bits per heavy atom. The monoisotopic (exact) mass is 304 g/mol. The summed E-state index contributed by atoms with van der Waals surface area (Å²) >= 11 is 11.9. The summed E-state index contributed by atoms with van der Waals surface area (Å²) in [6, 6.07) is 4.35. The number of halogens is 2. The van der Waals surface area contributed by atoms with Gasteiger partial charge < -0.3 is 16.2 Å². The second-order valence-electron chi connectivity index (χ2n) is 4.67. The van der Waals surface area contributed by atoms with Crippen LogP contribution in [0.15, 0.2) is 18.2 Å². The molecule has 0 spiro atoms. The van der Waals surface area contributed by atoms with Gasteiger partial charge in [-0.3, -0.25) is 4.79 Å². The average molecular weight is 305 g/mol. The molecule has 0 radical (unpaired) electrons. The molecular formula is C13H18Cl2N2O2. The van der Waals surface area contributed by atoms with E-state index in [2.05, 4.69) is 5.32 Å². The van der Waals surface area contributed by atoms with Crippen molar-refractivity contribution in [2.24, 2.45) is 11.7 Å². The summed E-state index contributed by atoms with van der Waals surface area (Å²) in [7, 11) is 0. The van der Waals surface area contributed by atoms with Gasteiger partial charge >= 0.3 is 0 Å². The van der Waals surface area contributed by atoms with Gasteiger partial charge in [-0.2, -0.15) is 0 Å². The van der Waals surface area contributed by atoms with Crippen LogP contribution in [-0.2, 0) is 4.79 Å². The number of hydrogen-bond donors (Lipinski definition) is 3. The molecule has 0 saturated heterocycles. The molecule has 6 heteroatoms. The molecular weight excluding hydrogens is 287 g/mol. The quantitative estimate of drug-likeness (QED) is 0.780. The van der Waals surface area contributed by atoms with Gasteiger partial charge in [-0.25, -0.2) is 0 Å². The highest BCUT2D eigenvalue weighted by atomic mass is 35.5. The number of amides is 1. The number of benzene rings is 1. The van der Waals surface area contributed by atoms with Gasteiger partial charge in [-0.15, -0.1) is 0 Å². The van der Waals surface area contributed by atoms with E-state index in [1.807, 2.05) is 13.8 Å². The maximum Gasteiger partial charge on any atom is 0.237 e. The zero-order valence-corrected chi connectivity index (χ0v) is 12.4. The number of nitrogens with two attached hydrogens (primary N) is 1. The second kappa shape index (κ2) is 7.10. The lowest BCUT2D eigenvalue weighted by Gasteiger charge is -2.18. The molecule has 1 unspecified atom stereocenters. The van der Waals surface area contributed by atoms with E-state index in [1.54, 1.807) is 18.2 Å². The SMILES string of the molecule is CC(C)[C@H](N)C(=O)NCC(O)c1c(Cl)cccc1Cl. The third-order valence-electron chi connectivity index (χ3n) is 2.82. The Balaban J connectivity index is 2.66. The maximum atomic E-state index is 11.7. The fraction of sp³-hybridized carbons (Fsp3) is 0.462. The molecule has 0 aliphatic heterocycles. The van der Waals surface area contributed by atoms with E-state index in [-0.39, 0.29) is 18.4 Å². The Morgan fingerprint density at radius 2 is 1.89 bits per heavy atom. The first-order chi connectivity index (χ1) is 8.84. The summed E-state index contributed by atoms with van der Waals surface area (Å²) in [5, 5.41) is 13.3. The van der Waals surface area contributed by atoms with Crippen LogP contribution in [0.4, 0.5) is 0 Å². The number of nitrogens with one attached hydrogen (secondary N) is 1. The lowest BCUT2D eigenvalue weighted by molar-refractivity contribution is -0.123. The first-order valence-corrected chi connectivity index (χ1v) is 6.75. The predicted molar refractivity (Wildman–Crippen MR) is 77.2 cm³/mol. The molecule has 0 aliphatic carbocycles. The minimum Gasteiger partial charge on any atom is -0.386 e. The number of carbonyl (C=O) groups excluding carboxylic acids is 1. The van der Waals surface area contributed by atoms with Crippen LogP contribution < -0.4 is 11.1 Å². The van der Waals surface area contributed by atoms with Crippen molar-refractivity contribution >= 4 is 29.1 Å². The second-order valence-corrected chi connectivity index (χ2v) is 5.48. The van der Waals surface area contributed by atoms with E-state index in [4.69, 9.17) is 28.9 Å². The lowest BCUT2D eigenvalue weighted by Crippen LogP contribution is -2.45. The summed E-state index contributed by atoms with van der Waals surface area (Å²) in [4.78, 5) is 11.7. The van der Waals surface area contributed by atoms with Crippen molar-refractivity contribution in [2.75, 3.05) is 6.54 Å². The molecule has 0 aromatic heterocycles. The Labute approximate surface area is 122 Å². The Kier molecular flexibility index (Phi) is 6.07. The highest BCUT2D eigenvalue weighted by Crippen LogP contribution is 2.29. The van der Waals surface area contributed by atoms with Crippen LogP contribution in [0.5, 0.6) is 0 Å². The third-order valence-corrected chi connectivity index (χ3v) is 3.48. The number of hydrogen-bond acceptors (Lipinski definition) is 3. The minimum absolute atomic E-state index is 0.0166. The van der Waals surface area contributed by atoms with Crippen molar-refractivity contribution in [3.05, 3.63) is 33.8 Å². The highest BCUT2D eigenvalue weighted by molar-refractivity contribution is 6.36. The molecule has 0 saturated carbocycles.